The van der Waals surface area contributed by atoms with Crippen LogP contribution in [0.5, 0.6) is 0 Å². The molecule has 1 aromatic carbocycles. The number of carbonyl (C=O) groups is 1. The van der Waals surface area contributed by atoms with E-state index in [1.807, 2.05) is 29.2 Å². The Hall–Kier alpha value is -1.89. The first-order valence-corrected chi connectivity index (χ1v) is 9.98. The Morgan fingerprint density at radius 2 is 1.81 bits per heavy atom. The zero-order chi connectivity index (χ0) is 18.6. The quantitative estimate of drug-likeness (QED) is 0.788. The lowest BCUT2D eigenvalue weighted by molar-refractivity contribution is -0.131. The standard InChI is InChI=1S/C20H25ClN4O2/c21-17-5-3-4-16(12-17)18-13-22-19(27-18)14-23-8-10-24(11-9-23)15-20(26)25-6-1-2-7-25/h3-5,12-13H,1-2,6-11,14-15H2. The molecule has 0 atom stereocenters. The number of likely N-dealkylation sites (tertiary alicyclic amines) is 1. The van der Waals surface area contributed by atoms with Crippen LogP contribution in [0.25, 0.3) is 11.3 Å². The van der Waals surface area contributed by atoms with Crippen LogP contribution in [0.4, 0.5) is 0 Å². The summed E-state index contributed by atoms with van der Waals surface area (Å²) in [6.07, 6.45) is 4.05. The van der Waals surface area contributed by atoms with Crippen LogP contribution >= 0.6 is 11.6 Å². The van der Waals surface area contributed by atoms with E-state index in [0.29, 0.717) is 24.0 Å². The first-order valence-electron chi connectivity index (χ1n) is 9.60. The fraction of sp³-hybridized carbons (Fsp3) is 0.500. The van der Waals surface area contributed by atoms with Crippen molar-refractivity contribution in [1.29, 1.82) is 0 Å². The molecule has 6 nitrogen and oxygen atoms in total. The Kier molecular flexibility index (Phi) is 5.76. The number of nitrogens with zero attached hydrogens (tertiary/aromatic N) is 4. The van der Waals surface area contributed by atoms with Gasteiger partial charge in [-0.3, -0.25) is 14.6 Å². The molecule has 0 N–H and O–H groups in total. The molecule has 2 aliphatic rings. The maximum absolute atomic E-state index is 12.3. The Morgan fingerprint density at radius 1 is 1.07 bits per heavy atom. The minimum atomic E-state index is 0.278. The van der Waals surface area contributed by atoms with Gasteiger partial charge in [-0.15, -0.1) is 0 Å². The number of oxazole rings is 1. The van der Waals surface area contributed by atoms with E-state index in [0.717, 1.165) is 63.4 Å². The van der Waals surface area contributed by atoms with Crippen molar-refractivity contribution in [2.24, 2.45) is 0 Å². The van der Waals surface area contributed by atoms with E-state index >= 15 is 0 Å². The summed E-state index contributed by atoms with van der Waals surface area (Å²) in [4.78, 5) is 23.3. The maximum Gasteiger partial charge on any atom is 0.236 e. The monoisotopic (exact) mass is 388 g/mol. The molecule has 144 valence electrons. The van der Waals surface area contributed by atoms with Crippen LogP contribution in [0.2, 0.25) is 5.02 Å². The van der Waals surface area contributed by atoms with Crippen LogP contribution in [0.15, 0.2) is 34.9 Å². The third-order valence-corrected chi connectivity index (χ3v) is 5.54. The molecule has 3 heterocycles. The molecule has 7 heteroatoms. The van der Waals surface area contributed by atoms with Gasteiger partial charge in [-0.05, 0) is 25.0 Å². The second kappa shape index (κ2) is 8.42. The number of halogens is 1. The van der Waals surface area contributed by atoms with Crippen LogP contribution < -0.4 is 0 Å². The molecule has 2 aliphatic heterocycles. The van der Waals surface area contributed by atoms with Crippen molar-refractivity contribution in [2.75, 3.05) is 45.8 Å². The predicted molar refractivity (Wildman–Crippen MR) is 104 cm³/mol. The van der Waals surface area contributed by atoms with Gasteiger partial charge < -0.3 is 9.32 Å². The van der Waals surface area contributed by atoms with Crippen LogP contribution in [0.1, 0.15) is 18.7 Å². The molecule has 0 spiro atoms. The van der Waals surface area contributed by atoms with Gasteiger partial charge in [0.1, 0.15) is 0 Å². The first kappa shape index (κ1) is 18.5. The molecule has 2 fully saturated rings. The lowest BCUT2D eigenvalue weighted by atomic mass is 10.2. The summed E-state index contributed by atoms with van der Waals surface area (Å²) in [7, 11) is 0. The predicted octanol–water partition coefficient (Wildman–Crippen LogP) is 2.74. The van der Waals surface area contributed by atoms with E-state index in [1.54, 1.807) is 6.20 Å². The number of benzene rings is 1. The molecule has 0 unspecified atom stereocenters. The number of amides is 1. The normalized spacial score (nSPS) is 18.9. The molecule has 0 radical (unpaired) electrons. The van der Waals surface area contributed by atoms with Gasteiger partial charge in [-0.1, -0.05) is 23.7 Å². The molecule has 2 aromatic rings. The zero-order valence-corrected chi connectivity index (χ0v) is 16.2. The molecule has 0 aliphatic carbocycles. The van der Waals surface area contributed by atoms with Gasteiger partial charge in [-0.25, -0.2) is 4.98 Å². The smallest absolute Gasteiger partial charge is 0.236 e. The van der Waals surface area contributed by atoms with E-state index in [9.17, 15) is 4.79 Å². The Labute approximate surface area is 164 Å². The van der Waals surface area contributed by atoms with Gasteiger partial charge in [-0.2, -0.15) is 0 Å². The fourth-order valence-electron chi connectivity index (χ4n) is 3.71. The fourth-order valence-corrected chi connectivity index (χ4v) is 3.90. The number of hydrogen-bond acceptors (Lipinski definition) is 5. The molecule has 27 heavy (non-hydrogen) atoms. The van der Waals surface area contributed by atoms with E-state index in [2.05, 4.69) is 14.8 Å². The van der Waals surface area contributed by atoms with Gasteiger partial charge >= 0.3 is 0 Å². The lowest BCUT2D eigenvalue weighted by Gasteiger charge is -2.34. The van der Waals surface area contributed by atoms with Crippen LogP contribution in [0.3, 0.4) is 0 Å². The lowest BCUT2D eigenvalue weighted by Crippen LogP contribution is -2.49. The van der Waals surface area contributed by atoms with E-state index in [4.69, 9.17) is 16.0 Å². The summed E-state index contributed by atoms with van der Waals surface area (Å²) in [5.74, 6) is 1.73. The number of piperazine rings is 1. The average molecular weight is 389 g/mol. The molecular formula is C20H25ClN4O2. The van der Waals surface area contributed by atoms with E-state index in [-0.39, 0.29) is 5.91 Å². The summed E-state index contributed by atoms with van der Waals surface area (Å²) in [6.45, 7) is 6.74. The summed E-state index contributed by atoms with van der Waals surface area (Å²) < 4.78 is 5.90. The zero-order valence-electron chi connectivity index (χ0n) is 15.4. The van der Waals surface area contributed by atoms with Crippen LogP contribution in [-0.2, 0) is 11.3 Å². The number of hydrogen-bond donors (Lipinski definition) is 0. The first-order chi connectivity index (χ1) is 13.2. The van der Waals surface area contributed by atoms with Crippen LogP contribution in [-0.4, -0.2) is 71.4 Å². The van der Waals surface area contributed by atoms with E-state index in [1.165, 1.54) is 0 Å². The SMILES string of the molecule is O=C(CN1CCN(Cc2ncc(-c3cccc(Cl)c3)o2)CC1)N1CCCC1. The summed E-state index contributed by atoms with van der Waals surface area (Å²) >= 11 is 6.05. The largest absolute Gasteiger partial charge is 0.439 e. The van der Waals surface area contributed by atoms with Gasteiger partial charge in [0.05, 0.1) is 19.3 Å². The topological polar surface area (TPSA) is 52.8 Å². The second-order valence-electron chi connectivity index (χ2n) is 7.27. The number of aromatic nitrogens is 1. The highest BCUT2D eigenvalue weighted by molar-refractivity contribution is 6.30. The minimum absolute atomic E-state index is 0.278. The third-order valence-electron chi connectivity index (χ3n) is 5.30. The van der Waals surface area contributed by atoms with Gasteiger partial charge in [0, 0.05) is 49.9 Å². The minimum Gasteiger partial charge on any atom is -0.439 e. The second-order valence-corrected chi connectivity index (χ2v) is 7.71. The molecule has 2 saturated heterocycles. The van der Waals surface area contributed by atoms with Gasteiger partial charge in [0.2, 0.25) is 11.8 Å². The van der Waals surface area contributed by atoms with Crippen molar-refractivity contribution >= 4 is 17.5 Å². The maximum atomic E-state index is 12.3. The molecular weight excluding hydrogens is 364 g/mol. The average Bonchev–Trinajstić information content (AvgIpc) is 3.35. The summed E-state index contributed by atoms with van der Waals surface area (Å²) in [6, 6.07) is 7.59. The molecule has 0 saturated carbocycles. The van der Waals surface area contributed by atoms with Crippen molar-refractivity contribution in [1.82, 2.24) is 19.7 Å². The number of carbonyl (C=O) groups excluding carboxylic acids is 1. The molecule has 4 rings (SSSR count). The molecule has 0 bridgehead atoms. The van der Waals surface area contributed by atoms with Crippen molar-refractivity contribution in [2.45, 2.75) is 19.4 Å². The van der Waals surface area contributed by atoms with Crippen molar-refractivity contribution in [3.05, 3.63) is 41.4 Å². The Bertz CT molecular complexity index is 780. The highest BCUT2D eigenvalue weighted by atomic mass is 35.5. The summed E-state index contributed by atoms with van der Waals surface area (Å²) in [5, 5.41) is 0.685. The Balaban J connectivity index is 1.26. The van der Waals surface area contributed by atoms with Crippen molar-refractivity contribution in [3.8, 4) is 11.3 Å². The summed E-state index contributed by atoms with van der Waals surface area (Å²) in [5.41, 5.74) is 0.937. The van der Waals surface area contributed by atoms with Crippen molar-refractivity contribution in [3.63, 3.8) is 0 Å². The number of rotatable bonds is 5. The van der Waals surface area contributed by atoms with E-state index < -0.39 is 0 Å². The van der Waals surface area contributed by atoms with Gasteiger partial charge in [0.25, 0.3) is 0 Å². The molecule has 1 amide bonds. The van der Waals surface area contributed by atoms with Crippen LogP contribution in [0, 0.1) is 0 Å². The third kappa shape index (κ3) is 4.69. The van der Waals surface area contributed by atoms with Crippen molar-refractivity contribution < 1.29 is 9.21 Å². The molecule has 1 aromatic heterocycles. The van der Waals surface area contributed by atoms with Gasteiger partial charge in [0.15, 0.2) is 5.76 Å². The highest BCUT2D eigenvalue weighted by Crippen LogP contribution is 2.24. The highest BCUT2D eigenvalue weighted by Gasteiger charge is 2.24. The Morgan fingerprint density at radius 3 is 2.56 bits per heavy atom.